The lowest BCUT2D eigenvalue weighted by molar-refractivity contribution is -0.138. The van der Waals surface area contributed by atoms with Crippen molar-refractivity contribution < 1.29 is 9.59 Å². The van der Waals surface area contributed by atoms with Crippen molar-refractivity contribution in [1.82, 2.24) is 15.2 Å². The summed E-state index contributed by atoms with van der Waals surface area (Å²) < 4.78 is 0. The molecule has 25 heavy (non-hydrogen) atoms. The average Bonchev–Trinajstić information content (AvgIpc) is 3.03. The summed E-state index contributed by atoms with van der Waals surface area (Å²) >= 11 is 0. The minimum Gasteiger partial charge on any atom is -0.361 e. The quantitative estimate of drug-likeness (QED) is 0.898. The molecule has 2 aromatic rings. The van der Waals surface area contributed by atoms with Crippen LogP contribution in [0.5, 0.6) is 0 Å². The molecule has 1 unspecified atom stereocenters. The summed E-state index contributed by atoms with van der Waals surface area (Å²) in [5.41, 5.74) is 2.52. The van der Waals surface area contributed by atoms with Crippen LogP contribution in [0, 0.1) is 5.92 Å². The molecule has 0 saturated carbocycles. The van der Waals surface area contributed by atoms with Crippen molar-refractivity contribution in [2.75, 3.05) is 13.1 Å². The molecule has 1 aromatic heterocycles. The Morgan fingerprint density at radius 3 is 2.52 bits per heavy atom. The number of hydrogen-bond donors (Lipinski definition) is 2. The van der Waals surface area contributed by atoms with E-state index in [1.54, 1.807) is 0 Å². The Hall–Kier alpha value is -2.30. The zero-order chi connectivity index (χ0) is 18.0. The minimum absolute atomic E-state index is 0.0441. The van der Waals surface area contributed by atoms with Crippen LogP contribution in [0.3, 0.4) is 0 Å². The number of aromatic nitrogens is 1. The number of hydrogen-bond acceptors (Lipinski definition) is 2. The number of amides is 2. The van der Waals surface area contributed by atoms with Crippen LogP contribution in [0.4, 0.5) is 0 Å². The summed E-state index contributed by atoms with van der Waals surface area (Å²) in [5, 5.41) is 4.09. The predicted molar refractivity (Wildman–Crippen MR) is 99.3 cm³/mol. The van der Waals surface area contributed by atoms with Crippen LogP contribution in [0.2, 0.25) is 0 Å². The van der Waals surface area contributed by atoms with E-state index in [-0.39, 0.29) is 17.7 Å². The van der Waals surface area contributed by atoms with Gasteiger partial charge in [0, 0.05) is 37.1 Å². The second kappa shape index (κ2) is 7.30. The highest BCUT2D eigenvalue weighted by atomic mass is 16.2. The maximum atomic E-state index is 12.8. The van der Waals surface area contributed by atoms with Gasteiger partial charge in [0.15, 0.2) is 0 Å². The van der Waals surface area contributed by atoms with Crippen LogP contribution in [-0.2, 0) is 9.59 Å². The molecular weight excluding hydrogens is 314 g/mol. The molecule has 0 radical (unpaired) electrons. The Morgan fingerprint density at radius 2 is 1.88 bits per heavy atom. The van der Waals surface area contributed by atoms with Crippen molar-refractivity contribution >= 4 is 22.7 Å². The molecule has 0 bridgehead atoms. The van der Waals surface area contributed by atoms with Crippen LogP contribution >= 0.6 is 0 Å². The van der Waals surface area contributed by atoms with Crippen LogP contribution in [0.15, 0.2) is 30.5 Å². The molecular formula is C20H27N3O2. The lowest BCUT2D eigenvalue weighted by Gasteiger charge is -2.35. The fraction of sp³-hybridized carbons (Fsp3) is 0.500. The fourth-order valence-electron chi connectivity index (χ4n) is 3.77. The smallest absolute Gasteiger partial charge is 0.245 e. The summed E-state index contributed by atoms with van der Waals surface area (Å²) in [6, 6.07) is 7.93. The van der Waals surface area contributed by atoms with Gasteiger partial charge in [0.25, 0.3) is 0 Å². The van der Waals surface area contributed by atoms with Crippen LogP contribution in [0.25, 0.3) is 10.9 Å². The number of aromatic amines is 1. The topological polar surface area (TPSA) is 65.2 Å². The van der Waals surface area contributed by atoms with Gasteiger partial charge in [-0.05, 0) is 36.3 Å². The number of nitrogens with zero attached hydrogens (tertiary/aromatic N) is 1. The molecule has 1 aliphatic heterocycles. The number of carbonyl (C=O) groups excluding carboxylic acids is 2. The predicted octanol–water partition coefficient (Wildman–Crippen LogP) is 3.03. The van der Waals surface area contributed by atoms with E-state index in [0.29, 0.717) is 5.92 Å². The van der Waals surface area contributed by atoms with Crippen LogP contribution in [-0.4, -0.2) is 40.8 Å². The molecule has 2 heterocycles. The molecule has 1 saturated heterocycles. The molecule has 1 atom stereocenters. The number of nitrogens with one attached hydrogen (secondary N) is 2. The Kier molecular flexibility index (Phi) is 5.11. The first-order valence-corrected chi connectivity index (χ1v) is 9.09. The van der Waals surface area contributed by atoms with E-state index in [1.165, 1.54) is 23.4 Å². The van der Waals surface area contributed by atoms with E-state index in [0.717, 1.165) is 25.9 Å². The molecule has 1 aromatic carbocycles. The highest BCUT2D eigenvalue weighted by Gasteiger charge is 2.31. The Morgan fingerprint density at radius 1 is 1.20 bits per heavy atom. The van der Waals surface area contributed by atoms with E-state index < -0.39 is 6.04 Å². The first-order valence-electron chi connectivity index (χ1n) is 9.09. The standard InChI is InChI=1S/C20H27N3O2/c1-13(2)19(22-14(3)24)20(25)23-10-8-15(9-11-23)17-12-21-18-7-5-4-6-16(17)18/h4-7,12-13,15,19,21H,8-11H2,1-3H3,(H,22,24). The largest absolute Gasteiger partial charge is 0.361 e. The number of carbonyl (C=O) groups is 2. The first kappa shape index (κ1) is 17.5. The fourth-order valence-corrected chi connectivity index (χ4v) is 3.77. The molecule has 5 heteroatoms. The maximum absolute atomic E-state index is 12.8. The number of likely N-dealkylation sites (tertiary alicyclic amines) is 1. The molecule has 5 nitrogen and oxygen atoms in total. The lowest BCUT2D eigenvalue weighted by Crippen LogP contribution is -2.52. The number of H-pyrrole nitrogens is 1. The van der Waals surface area contributed by atoms with E-state index in [4.69, 9.17) is 0 Å². The third-order valence-electron chi connectivity index (χ3n) is 5.16. The molecule has 0 aliphatic carbocycles. The van der Waals surface area contributed by atoms with Gasteiger partial charge in [0.05, 0.1) is 0 Å². The summed E-state index contributed by atoms with van der Waals surface area (Å²) in [4.78, 5) is 29.4. The third kappa shape index (κ3) is 3.70. The highest BCUT2D eigenvalue weighted by molar-refractivity contribution is 5.87. The van der Waals surface area contributed by atoms with E-state index in [9.17, 15) is 9.59 Å². The summed E-state index contributed by atoms with van der Waals surface area (Å²) in [7, 11) is 0. The van der Waals surface area contributed by atoms with E-state index in [2.05, 4.69) is 34.7 Å². The molecule has 2 amide bonds. The van der Waals surface area contributed by atoms with Crippen molar-refractivity contribution in [2.24, 2.45) is 5.92 Å². The Balaban J connectivity index is 1.67. The Labute approximate surface area is 148 Å². The second-order valence-corrected chi connectivity index (χ2v) is 7.31. The van der Waals surface area contributed by atoms with Crippen molar-refractivity contribution in [3.05, 3.63) is 36.0 Å². The molecule has 1 aliphatic rings. The molecule has 1 fully saturated rings. The second-order valence-electron chi connectivity index (χ2n) is 7.31. The minimum atomic E-state index is -0.429. The van der Waals surface area contributed by atoms with Gasteiger partial charge < -0.3 is 15.2 Å². The normalized spacial score (nSPS) is 17.0. The van der Waals surface area contributed by atoms with E-state index >= 15 is 0 Å². The van der Waals surface area contributed by atoms with Gasteiger partial charge >= 0.3 is 0 Å². The van der Waals surface area contributed by atoms with Crippen molar-refractivity contribution in [3.8, 4) is 0 Å². The molecule has 134 valence electrons. The van der Waals surface area contributed by atoms with Crippen molar-refractivity contribution in [1.29, 1.82) is 0 Å². The van der Waals surface area contributed by atoms with Gasteiger partial charge in [0.1, 0.15) is 6.04 Å². The van der Waals surface area contributed by atoms with Gasteiger partial charge in [-0.25, -0.2) is 0 Å². The summed E-state index contributed by atoms with van der Waals surface area (Å²) in [6.45, 7) is 6.89. The van der Waals surface area contributed by atoms with Crippen molar-refractivity contribution in [2.45, 2.75) is 45.6 Å². The summed E-state index contributed by atoms with van der Waals surface area (Å²) in [5.74, 6) is 0.449. The van der Waals surface area contributed by atoms with E-state index in [1.807, 2.05) is 24.8 Å². The number of para-hydroxylation sites is 1. The number of fused-ring (bicyclic) bond motifs is 1. The zero-order valence-electron chi connectivity index (χ0n) is 15.2. The Bertz CT molecular complexity index is 757. The van der Waals surface area contributed by atoms with Crippen LogP contribution < -0.4 is 5.32 Å². The molecule has 3 rings (SSSR count). The van der Waals surface area contributed by atoms with Gasteiger partial charge in [-0.1, -0.05) is 32.0 Å². The third-order valence-corrected chi connectivity index (χ3v) is 5.16. The SMILES string of the molecule is CC(=O)NC(C(=O)N1CCC(c2c[nH]c3ccccc23)CC1)C(C)C. The molecule has 0 spiro atoms. The monoisotopic (exact) mass is 341 g/mol. The van der Waals surface area contributed by atoms with Gasteiger partial charge in [-0.2, -0.15) is 0 Å². The number of rotatable bonds is 4. The maximum Gasteiger partial charge on any atom is 0.245 e. The van der Waals surface area contributed by atoms with Gasteiger partial charge in [-0.3, -0.25) is 9.59 Å². The number of benzene rings is 1. The first-order chi connectivity index (χ1) is 12.0. The molecule has 2 N–H and O–H groups in total. The lowest BCUT2D eigenvalue weighted by atomic mass is 9.88. The highest BCUT2D eigenvalue weighted by Crippen LogP contribution is 2.33. The number of piperidine rings is 1. The van der Waals surface area contributed by atoms with Crippen LogP contribution in [0.1, 0.15) is 45.1 Å². The summed E-state index contributed by atoms with van der Waals surface area (Å²) in [6.07, 6.45) is 4.03. The average molecular weight is 341 g/mol. The van der Waals surface area contributed by atoms with Gasteiger partial charge in [0.2, 0.25) is 11.8 Å². The van der Waals surface area contributed by atoms with Crippen molar-refractivity contribution in [3.63, 3.8) is 0 Å². The zero-order valence-corrected chi connectivity index (χ0v) is 15.2. The van der Waals surface area contributed by atoms with Gasteiger partial charge in [-0.15, -0.1) is 0 Å².